The predicted octanol–water partition coefficient (Wildman–Crippen LogP) is 8.65. The Hall–Kier alpha value is -4.41. The second-order valence-corrected chi connectivity index (χ2v) is 12.8. The van der Waals surface area contributed by atoms with Crippen LogP contribution in [0.25, 0.3) is 17.3 Å². The Morgan fingerprint density at radius 3 is 2.24 bits per heavy atom. The van der Waals surface area contributed by atoms with Crippen molar-refractivity contribution in [3.63, 3.8) is 0 Å². The van der Waals surface area contributed by atoms with Crippen LogP contribution in [-0.4, -0.2) is 28.0 Å². The van der Waals surface area contributed by atoms with Crippen molar-refractivity contribution in [2.75, 3.05) is 10.6 Å². The van der Waals surface area contributed by atoms with E-state index < -0.39 is 17.1 Å². The highest BCUT2D eigenvalue weighted by atomic mass is 35.5. The standard InChI is InChI=1S/C34H26Cl2N4O3S2/c1-21(31(41)40-34-39-30(20-44-34)27-17-12-24(35)19-28(27)36)45-26-15-13-25(14-16-26)37-33(43)29(18-22-8-4-2-5-9-22)38-32(42)23-10-6-3-7-11-23/h2-21H,1H3,(H,37,43)(H,38,42)(H,39,40,41)/b29-18-. The van der Waals surface area contributed by atoms with Crippen molar-refractivity contribution in [2.45, 2.75) is 17.1 Å². The highest BCUT2D eigenvalue weighted by Gasteiger charge is 2.18. The number of hydrogen-bond acceptors (Lipinski definition) is 6. The lowest BCUT2D eigenvalue weighted by Gasteiger charge is -2.13. The molecule has 0 bridgehead atoms. The fourth-order valence-electron chi connectivity index (χ4n) is 4.09. The SMILES string of the molecule is CC(Sc1ccc(NC(=O)/C(=C/c2ccccc2)NC(=O)c2ccccc2)cc1)C(=O)Nc1nc(-c2ccc(Cl)cc2Cl)cs1. The zero-order valence-corrected chi connectivity index (χ0v) is 26.9. The van der Waals surface area contributed by atoms with Crippen molar-refractivity contribution in [1.29, 1.82) is 0 Å². The van der Waals surface area contributed by atoms with Gasteiger partial charge < -0.3 is 16.0 Å². The Balaban J connectivity index is 1.20. The minimum atomic E-state index is -0.473. The molecule has 3 N–H and O–H groups in total. The topological polar surface area (TPSA) is 100 Å². The van der Waals surface area contributed by atoms with Crippen LogP contribution in [-0.2, 0) is 9.59 Å². The van der Waals surface area contributed by atoms with Gasteiger partial charge in [0.05, 0.1) is 16.0 Å². The van der Waals surface area contributed by atoms with Gasteiger partial charge in [-0.25, -0.2) is 4.98 Å². The molecule has 5 rings (SSSR count). The molecule has 0 saturated carbocycles. The molecule has 45 heavy (non-hydrogen) atoms. The number of anilines is 2. The molecule has 5 aromatic rings. The zero-order valence-electron chi connectivity index (χ0n) is 23.8. The van der Waals surface area contributed by atoms with Gasteiger partial charge in [-0.15, -0.1) is 23.1 Å². The summed E-state index contributed by atoms with van der Waals surface area (Å²) in [4.78, 5) is 44.3. The third-order valence-corrected chi connectivity index (χ3v) is 8.79. The van der Waals surface area contributed by atoms with Crippen LogP contribution in [0.2, 0.25) is 10.0 Å². The van der Waals surface area contributed by atoms with Crippen molar-refractivity contribution in [2.24, 2.45) is 0 Å². The number of amides is 3. The smallest absolute Gasteiger partial charge is 0.272 e. The number of rotatable bonds is 10. The highest BCUT2D eigenvalue weighted by molar-refractivity contribution is 8.00. The molecule has 0 aliphatic carbocycles. The number of benzene rings is 4. The molecule has 0 aliphatic heterocycles. The van der Waals surface area contributed by atoms with E-state index in [2.05, 4.69) is 20.9 Å². The maximum Gasteiger partial charge on any atom is 0.272 e. The average molecular weight is 674 g/mol. The number of aromatic nitrogens is 1. The largest absolute Gasteiger partial charge is 0.321 e. The predicted molar refractivity (Wildman–Crippen MR) is 185 cm³/mol. The van der Waals surface area contributed by atoms with Gasteiger partial charge in [0.1, 0.15) is 5.70 Å². The van der Waals surface area contributed by atoms with Gasteiger partial charge in [0.15, 0.2) is 5.13 Å². The molecule has 0 spiro atoms. The molecule has 0 aliphatic rings. The molecule has 1 atom stereocenters. The second-order valence-electron chi connectivity index (χ2n) is 9.68. The van der Waals surface area contributed by atoms with E-state index in [0.717, 1.165) is 16.0 Å². The summed E-state index contributed by atoms with van der Waals surface area (Å²) in [7, 11) is 0. The van der Waals surface area contributed by atoms with Crippen LogP contribution in [0.3, 0.4) is 0 Å². The van der Waals surface area contributed by atoms with Crippen molar-refractivity contribution in [3.8, 4) is 11.3 Å². The Labute approximate surface area is 278 Å². The number of nitrogens with one attached hydrogen (secondary N) is 3. The molecular formula is C34H26Cl2N4O3S2. The highest BCUT2D eigenvalue weighted by Crippen LogP contribution is 2.33. The summed E-state index contributed by atoms with van der Waals surface area (Å²) >= 11 is 15.0. The van der Waals surface area contributed by atoms with E-state index in [1.165, 1.54) is 23.1 Å². The molecule has 7 nitrogen and oxygen atoms in total. The monoisotopic (exact) mass is 672 g/mol. The van der Waals surface area contributed by atoms with Crippen molar-refractivity contribution >= 4 is 80.9 Å². The van der Waals surface area contributed by atoms with Gasteiger partial charge in [0.25, 0.3) is 11.8 Å². The van der Waals surface area contributed by atoms with E-state index in [0.29, 0.717) is 32.1 Å². The van der Waals surface area contributed by atoms with Crippen molar-refractivity contribution in [1.82, 2.24) is 10.3 Å². The molecule has 1 aromatic heterocycles. The van der Waals surface area contributed by atoms with Gasteiger partial charge in [0.2, 0.25) is 5.91 Å². The first-order valence-corrected chi connectivity index (χ1v) is 16.2. The van der Waals surface area contributed by atoms with E-state index in [9.17, 15) is 14.4 Å². The maximum absolute atomic E-state index is 13.3. The summed E-state index contributed by atoms with van der Waals surface area (Å²) in [6.45, 7) is 1.80. The average Bonchev–Trinajstić information content (AvgIpc) is 3.50. The van der Waals surface area contributed by atoms with Crippen LogP contribution < -0.4 is 16.0 Å². The lowest BCUT2D eigenvalue weighted by Crippen LogP contribution is -2.30. The first-order chi connectivity index (χ1) is 21.7. The maximum atomic E-state index is 13.3. The molecule has 4 aromatic carbocycles. The molecule has 226 valence electrons. The minimum absolute atomic E-state index is 0.0995. The first kappa shape index (κ1) is 32.0. The Kier molecular flexibility index (Phi) is 10.7. The number of thiazole rings is 1. The normalized spacial score (nSPS) is 11.8. The summed E-state index contributed by atoms with van der Waals surface area (Å²) in [5.41, 5.74) is 3.21. The molecule has 1 heterocycles. The molecule has 0 radical (unpaired) electrons. The quantitative estimate of drug-likeness (QED) is 0.102. The van der Waals surface area contributed by atoms with Crippen LogP contribution >= 0.6 is 46.3 Å². The van der Waals surface area contributed by atoms with E-state index >= 15 is 0 Å². The number of nitrogens with zero attached hydrogens (tertiary/aromatic N) is 1. The van der Waals surface area contributed by atoms with E-state index in [1.807, 2.05) is 53.9 Å². The van der Waals surface area contributed by atoms with E-state index in [4.69, 9.17) is 23.2 Å². The van der Waals surface area contributed by atoms with Crippen LogP contribution in [0, 0.1) is 0 Å². The summed E-state index contributed by atoms with van der Waals surface area (Å²) < 4.78 is 0. The zero-order chi connectivity index (χ0) is 31.8. The summed E-state index contributed by atoms with van der Waals surface area (Å²) in [6, 6.07) is 30.2. The second kappa shape index (κ2) is 15.0. The van der Waals surface area contributed by atoms with E-state index in [-0.39, 0.29) is 11.6 Å². The number of carbonyl (C=O) groups is 3. The van der Waals surface area contributed by atoms with Gasteiger partial charge in [-0.05, 0) is 73.2 Å². The number of carbonyl (C=O) groups excluding carboxylic acids is 3. The molecular weight excluding hydrogens is 647 g/mol. The molecule has 0 fully saturated rings. The van der Waals surface area contributed by atoms with Gasteiger partial charge >= 0.3 is 0 Å². The fraction of sp³-hybridized carbons (Fsp3) is 0.0588. The molecule has 3 amide bonds. The molecule has 0 saturated heterocycles. The van der Waals surface area contributed by atoms with Crippen molar-refractivity contribution in [3.05, 3.63) is 135 Å². The lowest BCUT2D eigenvalue weighted by atomic mass is 10.1. The molecule has 1 unspecified atom stereocenters. The number of thioether (sulfide) groups is 1. The van der Waals surface area contributed by atoms with E-state index in [1.54, 1.807) is 67.6 Å². The number of hydrogen-bond donors (Lipinski definition) is 3. The van der Waals surface area contributed by atoms with Crippen molar-refractivity contribution < 1.29 is 14.4 Å². The lowest BCUT2D eigenvalue weighted by molar-refractivity contribution is -0.115. The summed E-state index contributed by atoms with van der Waals surface area (Å²) in [5, 5.41) is 11.3. The summed E-state index contributed by atoms with van der Waals surface area (Å²) in [6.07, 6.45) is 1.62. The van der Waals surface area contributed by atoms with Crippen LogP contribution in [0.15, 0.2) is 119 Å². The third-order valence-electron chi connectivity index (χ3n) is 6.38. The first-order valence-electron chi connectivity index (χ1n) is 13.7. The van der Waals surface area contributed by atoms with Gasteiger partial charge in [-0.1, -0.05) is 71.7 Å². The number of halogens is 2. The summed E-state index contributed by atoms with van der Waals surface area (Å²) in [5.74, 6) is -1.07. The van der Waals surface area contributed by atoms with Gasteiger partial charge in [-0.2, -0.15) is 0 Å². The fourth-order valence-corrected chi connectivity index (χ4v) is 6.18. The van der Waals surface area contributed by atoms with Crippen LogP contribution in [0.4, 0.5) is 10.8 Å². The molecule has 11 heteroatoms. The Morgan fingerprint density at radius 2 is 1.56 bits per heavy atom. The van der Waals surface area contributed by atoms with Crippen LogP contribution in [0.1, 0.15) is 22.8 Å². The minimum Gasteiger partial charge on any atom is -0.321 e. The van der Waals surface area contributed by atoms with Crippen LogP contribution in [0.5, 0.6) is 0 Å². The third kappa shape index (κ3) is 8.83. The Bertz CT molecular complexity index is 1850. The Morgan fingerprint density at radius 1 is 0.867 bits per heavy atom. The van der Waals surface area contributed by atoms with Gasteiger partial charge in [0, 0.05) is 32.1 Å². The van der Waals surface area contributed by atoms with Gasteiger partial charge in [-0.3, -0.25) is 14.4 Å².